The van der Waals surface area contributed by atoms with Crippen LogP contribution in [0.1, 0.15) is 40.0 Å². The van der Waals surface area contributed by atoms with Gasteiger partial charge in [0, 0.05) is 19.7 Å². The molecule has 0 aromatic rings. The van der Waals surface area contributed by atoms with Crippen molar-refractivity contribution in [3.05, 3.63) is 0 Å². The molecule has 0 spiro atoms. The lowest BCUT2D eigenvalue weighted by Gasteiger charge is -2.31. The summed E-state index contributed by atoms with van der Waals surface area (Å²) in [6.07, 6.45) is 3.23. The van der Waals surface area contributed by atoms with Crippen LogP contribution in [0, 0.1) is 5.41 Å². The standard InChI is InChI=1S/C13H26N2O2.ClH/c1-13(2,3)8-10-6-5-7-15(10)12(16)11(14)9-17-4;/h10-11H,5-9,14H2,1-4H3;1H. The molecule has 1 saturated heterocycles. The number of likely N-dealkylation sites (tertiary alicyclic amines) is 1. The molecular weight excluding hydrogens is 252 g/mol. The Balaban J connectivity index is 0.00000289. The molecule has 5 heteroatoms. The van der Waals surface area contributed by atoms with Crippen LogP contribution in [0.3, 0.4) is 0 Å². The van der Waals surface area contributed by atoms with Crippen molar-refractivity contribution in [3.63, 3.8) is 0 Å². The zero-order valence-electron chi connectivity index (χ0n) is 11.9. The minimum absolute atomic E-state index is 0. The van der Waals surface area contributed by atoms with Crippen molar-refractivity contribution in [2.45, 2.75) is 52.1 Å². The van der Waals surface area contributed by atoms with Crippen molar-refractivity contribution in [3.8, 4) is 0 Å². The van der Waals surface area contributed by atoms with Gasteiger partial charge in [-0.1, -0.05) is 20.8 Å². The highest BCUT2D eigenvalue weighted by atomic mass is 35.5. The Morgan fingerprint density at radius 2 is 2.11 bits per heavy atom. The highest BCUT2D eigenvalue weighted by Gasteiger charge is 2.33. The van der Waals surface area contributed by atoms with Crippen LogP contribution >= 0.6 is 12.4 Å². The summed E-state index contributed by atoms with van der Waals surface area (Å²) in [6, 6.07) is -0.161. The maximum absolute atomic E-state index is 12.2. The zero-order valence-corrected chi connectivity index (χ0v) is 12.8. The topological polar surface area (TPSA) is 55.6 Å². The van der Waals surface area contributed by atoms with Crippen LogP contribution in [-0.2, 0) is 9.53 Å². The Kier molecular flexibility index (Phi) is 7.18. The third kappa shape index (κ3) is 5.12. The molecule has 2 N–H and O–H groups in total. The average Bonchev–Trinajstić information content (AvgIpc) is 2.62. The van der Waals surface area contributed by atoms with Crippen molar-refractivity contribution < 1.29 is 9.53 Å². The van der Waals surface area contributed by atoms with E-state index in [1.54, 1.807) is 7.11 Å². The van der Waals surface area contributed by atoms with Crippen molar-refractivity contribution >= 4 is 18.3 Å². The summed E-state index contributed by atoms with van der Waals surface area (Å²) < 4.78 is 4.95. The van der Waals surface area contributed by atoms with Gasteiger partial charge in [0.25, 0.3) is 0 Å². The van der Waals surface area contributed by atoms with Gasteiger partial charge >= 0.3 is 0 Å². The number of hydrogen-bond acceptors (Lipinski definition) is 3. The second-order valence-electron chi connectivity index (χ2n) is 6.15. The molecule has 108 valence electrons. The minimum atomic E-state index is -0.513. The normalized spacial score (nSPS) is 21.6. The number of ether oxygens (including phenoxy) is 1. The van der Waals surface area contributed by atoms with Gasteiger partial charge in [-0.25, -0.2) is 0 Å². The summed E-state index contributed by atoms with van der Waals surface area (Å²) in [4.78, 5) is 14.1. The van der Waals surface area contributed by atoms with Crippen LogP contribution in [0.5, 0.6) is 0 Å². The summed E-state index contributed by atoms with van der Waals surface area (Å²) in [6.45, 7) is 7.78. The maximum atomic E-state index is 12.2. The first-order valence-corrected chi connectivity index (χ1v) is 6.40. The number of nitrogens with zero attached hydrogens (tertiary/aromatic N) is 1. The van der Waals surface area contributed by atoms with Gasteiger partial charge in [-0.3, -0.25) is 4.79 Å². The second-order valence-corrected chi connectivity index (χ2v) is 6.15. The molecule has 0 aromatic carbocycles. The summed E-state index contributed by atoms with van der Waals surface area (Å²) in [7, 11) is 1.57. The quantitative estimate of drug-likeness (QED) is 0.853. The fourth-order valence-electron chi connectivity index (χ4n) is 2.51. The van der Waals surface area contributed by atoms with Crippen molar-refractivity contribution in [2.75, 3.05) is 20.3 Å². The molecule has 2 unspecified atom stereocenters. The summed E-state index contributed by atoms with van der Waals surface area (Å²) in [5, 5.41) is 0. The second kappa shape index (κ2) is 7.31. The molecule has 0 bridgehead atoms. The van der Waals surface area contributed by atoms with Crippen LogP contribution in [0.4, 0.5) is 0 Å². The third-order valence-electron chi connectivity index (χ3n) is 3.17. The molecule has 1 heterocycles. The van der Waals surface area contributed by atoms with Crippen LogP contribution in [-0.4, -0.2) is 43.2 Å². The predicted molar refractivity (Wildman–Crippen MR) is 75.9 cm³/mol. The average molecular weight is 279 g/mol. The van der Waals surface area contributed by atoms with E-state index in [2.05, 4.69) is 20.8 Å². The maximum Gasteiger partial charge on any atom is 0.242 e. The molecule has 1 amide bonds. The van der Waals surface area contributed by atoms with E-state index in [9.17, 15) is 4.79 Å². The van der Waals surface area contributed by atoms with E-state index in [0.717, 1.165) is 25.8 Å². The predicted octanol–water partition coefficient (Wildman–Crippen LogP) is 1.81. The fraction of sp³-hybridized carbons (Fsp3) is 0.923. The SMILES string of the molecule is COCC(N)C(=O)N1CCCC1CC(C)(C)C.Cl. The Bertz CT molecular complexity index is 266. The summed E-state index contributed by atoms with van der Waals surface area (Å²) >= 11 is 0. The van der Waals surface area contributed by atoms with Gasteiger partial charge in [-0.05, 0) is 24.7 Å². The van der Waals surface area contributed by atoms with Gasteiger partial charge in [0.15, 0.2) is 0 Å². The lowest BCUT2D eigenvalue weighted by atomic mass is 9.87. The first kappa shape index (κ1) is 17.7. The van der Waals surface area contributed by atoms with E-state index in [0.29, 0.717) is 12.6 Å². The largest absolute Gasteiger partial charge is 0.383 e. The molecule has 0 saturated carbocycles. The van der Waals surface area contributed by atoms with Crippen LogP contribution in [0.2, 0.25) is 0 Å². The summed E-state index contributed by atoms with van der Waals surface area (Å²) in [5.74, 6) is 0.0404. The molecule has 0 aliphatic carbocycles. The van der Waals surface area contributed by atoms with E-state index in [1.165, 1.54) is 0 Å². The van der Waals surface area contributed by atoms with Crippen LogP contribution < -0.4 is 5.73 Å². The number of carbonyl (C=O) groups is 1. The van der Waals surface area contributed by atoms with Crippen molar-refractivity contribution in [1.82, 2.24) is 4.90 Å². The lowest BCUT2D eigenvalue weighted by Crippen LogP contribution is -2.48. The highest BCUT2D eigenvalue weighted by Crippen LogP contribution is 2.30. The van der Waals surface area contributed by atoms with Crippen LogP contribution in [0.25, 0.3) is 0 Å². The monoisotopic (exact) mass is 278 g/mol. The molecule has 4 nitrogen and oxygen atoms in total. The first-order valence-electron chi connectivity index (χ1n) is 6.40. The van der Waals surface area contributed by atoms with Gasteiger partial charge < -0.3 is 15.4 Å². The number of nitrogens with two attached hydrogens (primary N) is 1. The molecule has 2 atom stereocenters. The molecule has 1 aliphatic heterocycles. The fourth-order valence-corrected chi connectivity index (χ4v) is 2.51. The lowest BCUT2D eigenvalue weighted by molar-refractivity contribution is -0.135. The van der Waals surface area contributed by atoms with Crippen LogP contribution in [0.15, 0.2) is 0 Å². The van der Waals surface area contributed by atoms with Gasteiger partial charge in [0.1, 0.15) is 6.04 Å². The molecule has 0 radical (unpaired) electrons. The van der Waals surface area contributed by atoms with Gasteiger partial charge in [-0.15, -0.1) is 12.4 Å². The Hall–Kier alpha value is -0.320. The highest BCUT2D eigenvalue weighted by molar-refractivity contribution is 5.85. The van der Waals surface area contributed by atoms with Crippen molar-refractivity contribution in [1.29, 1.82) is 0 Å². The molecular formula is C13H27ClN2O2. The van der Waals surface area contributed by atoms with E-state index in [-0.39, 0.29) is 23.7 Å². The van der Waals surface area contributed by atoms with Gasteiger partial charge in [0.05, 0.1) is 6.61 Å². The van der Waals surface area contributed by atoms with E-state index in [4.69, 9.17) is 10.5 Å². The minimum Gasteiger partial charge on any atom is -0.383 e. The molecule has 1 aliphatic rings. The number of carbonyl (C=O) groups excluding carboxylic acids is 1. The van der Waals surface area contributed by atoms with Gasteiger partial charge in [0.2, 0.25) is 5.91 Å². The molecule has 1 rings (SSSR count). The third-order valence-corrected chi connectivity index (χ3v) is 3.17. The van der Waals surface area contributed by atoms with E-state index >= 15 is 0 Å². The summed E-state index contributed by atoms with van der Waals surface area (Å²) in [5.41, 5.74) is 6.07. The molecule has 18 heavy (non-hydrogen) atoms. The Labute approximate surface area is 117 Å². The smallest absolute Gasteiger partial charge is 0.242 e. The first-order chi connectivity index (χ1) is 7.85. The Morgan fingerprint density at radius 1 is 1.50 bits per heavy atom. The number of halogens is 1. The number of rotatable bonds is 4. The molecule has 0 aromatic heterocycles. The number of amides is 1. The van der Waals surface area contributed by atoms with Crippen molar-refractivity contribution in [2.24, 2.45) is 11.1 Å². The number of methoxy groups -OCH3 is 1. The van der Waals surface area contributed by atoms with E-state index in [1.807, 2.05) is 4.90 Å². The zero-order chi connectivity index (χ0) is 13.1. The Morgan fingerprint density at radius 3 is 2.61 bits per heavy atom. The molecule has 1 fully saturated rings. The van der Waals surface area contributed by atoms with E-state index < -0.39 is 6.04 Å². The number of hydrogen-bond donors (Lipinski definition) is 1. The van der Waals surface area contributed by atoms with Gasteiger partial charge in [-0.2, -0.15) is 0 Å².